The quantitative estimate of drug-likeness (QED) is 0.930. The van der Waals surface area contributed by atoms with Gasteiger partial charge in [0.2, 0.25) is 6.43 Å². The van der Waals surface area contributed by atoms with Crippen molar-refractivity contribution in [3.63, 3.8) is 0 Å². The van der Waals surface area contributed by atoms with Crippen LogP contribution in [0, 0.1) is 5.41 Å². The molecule has 2 atom stereocenters. The number of nitrogens with one attached hydrogen (secondary N) is 1. The predicted molar refractivity (Wildman–Crippen MR) is 78.3 cm³/mol. The summed E-state index contributed by atoms with van der Waals surface area (Å²) >= 11 is 0. The topological polar surface area (TPSA) is 60.3 Å². The maximum atomic E-state index is 13.0. The molecule has 7 heteroatoms. The van der Waals surface area contributed by atoms with Crippen molar-refractivity contribution in [2.24, 2.45) is 5.41 Å². The van der Waals surface area contributed by atoms with Crippen LogP contribution < -0.4 is 10.9 Å². The van der Waals surface area contributed by atoms with Crippen LogP contribution in [-0.2, 0) is 4.74 Å². The first-order chi connectivity index (χ1) is 10.0. The fourth-order valence-corrected chi connectivity index (χ4v) is 2.27. The molecule has 122 valence electrons. The number of nitrogens with zero attached hydrogens (tertiary/aromatic N) is 1. The Balaban J connectivity index is 2.18. The molecule has 0 spiro atoms. The van der Waals surface area contributed by atoms with E-state index in [1.165, 1.54) is 29.8 Å². The number of pyridine rings is 1. The van der Waals surface area contributed by atoms with E-state index in [0.717, 1.165) is 0 Å². The standard InChI is InChI=1S/C15H20F2N2O3/c1-14(2,3)22-13(21)18-9-6-5-7-19(11(9)20)10-8-15(10,4)12(16)17/h5-7,10,12H,8H2,1-4H3,(H,18,21)/t10-,15-/m1/s1. The third kappa shape index (κ3) is 3.28. The van der Waals surface area contributed by atoms with Crippen molar-refractivity contribution in [1.29, 1.82) is 0 Å². The number of carbonyl (C=O) groups is 1. The van der Waals surface area contributed by atoms with Crippen LogP contribution in [0.25, 0.3) is 0 Å². The van der Waals surface area contributed by atoms with Crippen molar-refractivity contribution >= 4 is 11.8 Å². The van der Waals surface area contributed by atoms with E-state index in [0.29, 0.717) is 0 Å². The Kier molecular flexibility index (Phi) is 4.02. The van der Waals surface area contributed by atoms with Gasteiger partial charge in [-0.2, -0.15) is 0 Å². The predicted octanol–water partition coefficient (Wildman–Crippen LogP) is 3.41. The summed E-state index contributed by atoms with van der Waals surface area (Å²) in [5.74, 6) is 0. The molecule has 2 rings (SSSR count). The van der Waals surface area contributed by atoms with Gasteiger partial charge in [0.05, 0.1) is 5.41 Å². The summed E-state index contributed by atoms with van der Waals surface area (Å²) in [6, 6.07) is 2.41. The number of anilines is 1. The minimum atomic E-state index is -2.49. The number of hydrogen-bond donors (Lipinski definition) is 1. The Labute approximate surface area is 127 Å². The van der Waals surface area contributed by atoms with E-state index in [1.54, 1.807) is 20.8 Å². The molecule has 1 saturated carbocycles. The molecule has 1 aliphatic rings. The summed E-state index contributed by atoms with van der Waals surface area (Å²) in [5.41, 5.74) is -2.38. The number of rotatable bonds is 3. The third-order valence-corrected chi connectivity index (χ3v) is 3.68. The van der Waals surface area contributed by atoms with Gasteiger partial charge in [-0.1, -0.05) is 6.92 Å². The van der Waals surface area contributed by atoms with E-state index in [9.17, 15) is 18.4 Å². The molecule has 1 amide bonds. The summed E-state index contributed by atoms with van der Waals surface area (Å²) in [5, 5.41) is 2.36. The van der Waals surface area contributed by atoms with Gasteiger partial charge < -0.3 is 9.30 Å². The van der Waals surface area contributed by atoms with Gasteiger partial charge in [-0.25, -0.2) is 13.6 Å². The van der Waals surface area contributed by atoms with Crippen molar-refractivity contribution in [2.75, 3.05) is 5.32 Å². The van der Waals surface area contributed by atoms with Gasteiger partial charge in [0.25, 0.3) is 5.56 Å². The summed E-state index contributed by atoms with van der Waals surface area (Å²) in [7, 11) is 0. The number of ether oxygens (including phenoxy) is 1. The normalized spacial score (nSPS) is 24.2. The number of alkyl halides is 2. The average molecular weight is 314 g/mol. The van der Waals surface area contributed by atoms with Gasteiger partial charge >= 0.3 is 6.09 Å². The van der Waals surface area contributed by atoms with Gasteiger partial charge in [0.1, 0.15) is 11.3 Å². The Hall–Kier alpha value is -1.92. The SMILES string of the molecule is CC(C)(C)OC(=O)Nc1cccn([C@@H]2C[C@@]2(C)C(F)F)c1=O. The van der Waals surface area contributed by atoms with Crippen LogP contribution >= 0.6 is 0 Å². The minimum absolute atomic E-state index is 0.0141. The number of amides is 1. The first-order valence-corrected chi connectivity index (χ1v) is 7.04. The van der Waals surface area contributed by atoms with Crippen molar-refractivity contribution in [1.82, 2.24) is 4.57 Å². The van der Waals surface area contributed by atoms with E-state index < -0.39 is 35.1 Å². The maximum Gasteiger partial charge on any atom is 0.412 e. The van der Waals surface area contributed by atoms with Crippen molar-refractivity contribution in [3.05, 3.63) is 28.7 Å². The van der Waals surface area contributed by atoms with E-state index >= 15 is 0 Å². The number of hydrogen-bond acceptors (Lipinski definition) is 3. The Morgan fingerprint density at radius 3 is 2.64 bits per heavy atom. The van der Waals surface area contributed by atoms with E-state index in [-0.39, 0.29) is 12.1 Å². The lowest BCUT2D eigenvalue weighted by Crippen LogP contribution is -2.31. The molecule has 1 aromatic heterocycles. The average Bonchev–Trinajstić information content (AvgIpc) is 3.03. The third-order valence-electron chi connectivity index (χ3n) is 3.68. The molecule has 5 nitrogen and oxygen atoms in total. The second-order valence-corrected chi connectivity index (χ2v) is 6.79. The second-order valence-electron chi connectivity index (χ2n) is 6.79. The van der Waals surface area contributed by atoms with Crippen LogP contribution in [0.1, 0.15) is 40.2 Å². The molecule has 1 aromatic rings. The van der Waals surface area contributed by atoms with Crippen molar-refractivity contribution in [3.8, 4) is 0 Å². The van der Waals surface area contributed by atoms with Gasteiger partial charge in [0, 0.05) is 12.2 Å². The molecule has 0 bridgehead atoms. The zero-order valence-electron chi connectivity index (χ0n) is 13.0. The Bertz CT molecular complexity index is 636. The zero-order chi connectivity index (χ0) is 16.7. The van der Waals surface area contributed by atoms with Crippen LogP contribution in [0.15, 0.2) is 23.1 Å². The van der Waals surface area contributed by atoms with Gasteiger partial charge in [0.15, 0.2) is 0 Å². The van der Waals surface area contributed by atoms with Crippen LogP contribution in [0.4, 0.5) is 19.3 Å². The highest BCUT2D eigenvalue weighted by atomic mass is 19.3. The molecule has 0 radical (unpaired) electrons. The lowest BCUT2D eigenvalue weighted by atomic mass is 10.1. The second kappa shape index (κ2) is 5.37. The van der Waals surface area contributed by atoms with E-state index in [4.69, 9.17) is 4.74 Å². The Morgan fingerprint density at radius 1 is 1.50 bits per heavy atom. The van der Waals surface area contributed by atoms with Crippen LogP contribution in [0.2, 0.25) is 0 Å². The fraction of sp³-hybridized carbons (Fsp3) is 0.600. The van der Waals surface area contributed by atoms with Crippen LogP contribution in [-0.4, -0.2) is 22.7 Å². The van der Waals surface area contributed by atoms with Crippen LogP contribution in [0.5, 0.6) is 0 Å². The Morgan fingerprint density at radius 2 is 2.14 bits per heavy atom. The summed E-state index contributed by atoms with van der Waals surface area (Å²) in [6.45, 7) is 6.55. The highest BCUT2D eigenvalue weighted by molar-refractivity contribution is 5.84. The van der Waals surface area contributed by atoms with E-state index in [1.807, 2.05) is 0 Å². The smallest absolute Gasteiger partial charge is 0.412 e. The minimum Gasteiger partial charge on any atom is -0.444 e. The molecule has 0 aliphatic heterocycles. The highest BCUT2D eigenvalue weighted by Gasteiger charge is 2.58. The van der Waals surface area contributed by atoms with Crippen molar-refractivity contribution < 1.29 is 18.3 Å². The molecule has 1 heterocycles. The molecule has 1 aliphatic carbocycles. The number of carbonyl (C=O) groups excluding carboxylic acids is 1. The monoisotopic (exact) mass is 314 g/mol. The molecule has 0 unspecified atom stereocenters. The molecular formula is C15H20F2N2O3. The number of aromatic nitrogens is 1. The van der Waals surface area contributed by atoms with Gasteiger partial charge in [-0.15, -0.1) is 0 Å². The van der Waals surface area contributed by atoms with Crippen molar-refractivity contribution in [2.45, 2.75) is 52.2 Å². The first-order valence-electron chi connectivity index (χ1n) is 7.04. The molecule has 0 saturated heterocycles. The number of halogens is 2. The molecule has 1 fully saturated rings. The summed E-state index contributed by atoms with van der Waals surface area (Å²) in [6.07, 6.45) is -1.55. The van der Waals surface area contributed by atoms with Gasteiger partial charge in [-0.3, -0.25) is 10.1 Å². The first kappa shape index (κ1) is 16.5. The highest BCUT2D eigenvalue weighted by Crippen LogP contribution is 2.59. The molecule has 22 heavy (non-hydrogen) atoms. The van der Waals surface area contributed by atoms with E-state index in [2.05, 4.69) is 5.32 Å². The molecule has 1 N–H and O–H groups in total. The summed E-state index contributed by atoms with van der Waals surface area (Å²) in [4.78, 5) is 24.0. The molecular weight excluding hydrogens is 294 g/mol. The summed E-state index contributed by atoms with van der Waals surface area (Å²) < 4.78 is 32.2. The fourth-order valence-electron chi connectivity index (χ4n) is 2.27. The van der Waals surface area contributed by atoms with Gasteiger partial charge in [-0.05, 0) is 39.3 Å². The zero-order valence-corrected chi connectivity index (χ0v) is 13.0. The lowest BCUT2D eigenvalue weighted by Gasteiger charge is -2.19. The largest absolute Gasteiger partial charge is 0.444 e. The lowest BCUT2D eigenvalue weighted by molar-refractivity contribution is 0.0623. The maximum absolute atomic E-state index is 13.0. The van der Waals surface area contributed by atoms with Crippen LogP contribution in [0.3, 0.4) is 0 Å². The molecule has 0 aromatic carbocycles.